The molecule has 1 aliphatic heterocycles. The molecule has 0 bridgehead atoms. The van der Waals surface area contributed by atoms with Gasteiger partial charge >= 0.3 is 0 Å². The van der Waals surface area contributed by atoms with Gasteiger partial charge in [0.1, 0.15) is 5.75 Å². The molecule has 2 amide bonds. The van der Waals surface area contributed by atoms with E-state index in [9.17, 15) is 9.59 Å². The molecule has 1 heterocycles. The summed E-state index contributed by atoms with van der Waals surface area (Å²) < 4.78 is 5.11. The minimum absolute atomic E-state index is 0.0122. The minimum Gasteiger partial charge on any atom is -0.497 e. The van der Waals surface area contributed by atoms with Gasteiger partial charge in [-0.1, -0.05) is 17.7 Å². The number of aryl methyl sites for hydroxylation is 2. The van der Waals surface area contributed by atoms with Crippen molar-refractivity contribution in [3.63, 3.8) is 0 Å². The van der Waals surface area contributed by atoms with Crippen molar-refractivity contribution in [3.8, 4) is 5.75 Å². The van der Waals surface area contributed by atoms with Crippen LogP contribution in [0, 0.1) is 19.8 Å². The first-order chi connectivity index (χ1) is 12.0. The molecule has 1 N–H and O–H groups in total. The zero-order chi connectivity index (χ0) is 18.0. The van der Waals surface area contributed by atoms with Gasteiger partial charge < -0.3 is 15.0 Å². The summed E-state index contributed by atoms with van der Waals surface area (Å²) in [5, 5.41) is 2.88. The smallest absolute Gasteiger partial charge is 0.229 e. The van der Waals surface area contributed by atoms with Gasteiger partial charge in [-0.2, -0.15) is 0 Å². The summed E-state index contributed by atoms with van der Waals surface area (Å²) in [6, 6.07) is 13.1. The maximum absolute atomic E-state index is 12.5. The topological polar surface area (TPSA) is 58.6 Å². The first-order valence-electron chi connectivity index (χ1n) is 8.30. The van der Waals surface area contributed by atoms with Crippen LogP contribution in [0.1, 0.15) is 17.5 Å². The maximum Gasteiger partial charge on any atom is 0.229 e. The molecule has 0 saturated carbocycles. The van der Waals surface area contributed by atoms with Gasteiger partial charge in [0, 0.05) is 24.3 Å². The lowest BCUT2D eigenvalue weighted by atomic mass is 10.1. The minimum atomic E-state index is -0.352. The van der Waals surface area contributed by atoms with Crippen LogP contribution < -0.4 is 15.0 Å². The van der Waals surface area contributed by atoms with E-state index in [2.05, 4.69) is 5.32 Å². The van der Waals surface area contributed by atoms with Crippen molar-refractivity contribution in [2.24, 2.45) is 5.92 Å². The van der Waals surface area contributed by atoms with Gasteiger partial charge in [-0.25, -0.2) is 0 Å². The molecule has 0 aliphatic carbocycles. The average Bonchev–Trinajstić information content (AvgIpc) is 2.97. The van der Waals surface area contributed by atoms with Crippen LogP contribution in [0.15, 0.2) is 42.5 Å². The lowest BCUT2D eigenvalue weighted by Crippen LogP contribution is -2.28. The molecule has 0 radical (unpaired) electrons. The molecule has 0 spiro atoms. The van der Waals surface area contributed by atoms with Gasteiger partial charge in [-0.3, -0.25) is 9.59 Å². The Morgan fingerprint density at radius 3 is 2.52 bits per heavy atom. The number of carbonyl (C=O) groups is 2. The van der Waals surface area contributed by atoms with Crippen molar-refractivity contribution in [1.82, 2.24) is 0 Å². The Hall–Kier alpha value is -2.82. The summed E-state index contributed by atoms with van der Waals surface area (Å²) >= 11 is 0. The SMILES string of the molecule is COc1ccc(NC(=O)[C@H]2CC(=O)N(c3ccc(C)cc3C)C2)cc1. The largest absolute Gasteiger partial charge is 0.497 e. The van der Waals surface area contributed by atoms with Crippen molar-refractivity contribution in [2.75, 3.05) is 23.9 Å². The second-order valence-corrected chi connectivity index (χ2v) is 6.41. The van der Waals surface area contributed by atoms with Crippen molar-refractivity contribution in [2.45, 2.75) is 20.3 Å². The number of nitrogens with zero attached hydrogens (tertiary/aromatic N) is 1. The second-order valence-electron chi connectivity index (χ2n) is 6.41. The Morgan fingerprint density at radius 2 is 1.88 bits per heavy atom. The van der Waals surface area contributed by atoms with E-state index >= 15 is 0 Å². The number of nitrogens with one attached hydrogen (secondary N) is 1. The highest BCUT2D eigenvalue weighted by Crippen LogP contribution is 2.29. The van der Waals surface area contributed by atoms with Gasteiger partial charge in [0.05, 0.1) is 13.0 Å². The summed E-state index contributed by atoms with van der Waals surface area (Å²) in [6.45, 7) is 4.42. The molecular weight excluding hydrogens is 316 g/mol. The normalized spacial score (nSPS) is 16.8. The van der Waals surface area contributed by atoms with Gasteiger partial charge in [-0.05, 0) is 49.7 Å². The van der Waals surface area contributed by atoms with Crippen LogP contribution in [-0.2, 0) is 9.59 Å². The molecule has 5 heteroatoms. The lowest BCUT2D eigenvalue weighted by Gasteiger charge is -2.19. The molecule has 2 aromatic rings. The standard InChI is InChI=1S/C20H22N2O3/c1-13-4-9-18(14(2)10-13)22-12-15(11-19(22)23)20(24)21-16-5-7-17(25-3)8-6-16/h4-10,15H,11-12H2,1-3H3,(H,21,24)/t15-/m0/s1. The van der Waals surface area contributed by atoms with Gasteiger partial charge in [-0.15, -0.1) is 0 Å². The third-order valence-corrected chi connectivity index (χ3v) is 4.50. The Balaban J connectivity index is 1.69. The van der Waals surface area contributed by atoms with Crippen LogP contribution in [0.3, 0.4) is 0 Å². The van der Waals surface area contributed by atoms with Crippen LogP contribution in [0.2, 0.25) is 0 Å². The third kappa shape index (κ3) is 3.65. The van der Waals surface area contributed by atoms with Gasteiger partial charge in [0.2, 0.25) is 11.8 Å². The van der Waals surface area contributed by atoms with E-state index in [1.54, 1.807) is 36.3 Å². The van der Waals surface area contributed by atoms with E-state index in [-0.39, 0.29) is 24.2 Å². The lowest BCUT2D eigenvalue weighted by molar-refractivity contribution is -0.122. The highest BCUT2D eigenvalue weighted by Gasteiger charge is 2.35. The molecule has 1 aliphatic rings. The highest BCUT2D eigenvalue weighted by atomic mass is 16.5. The number of methoxy groups -OCH3 is 1. The van der Waals surface area contributed by atoms with Gasteiger partial charge in [0.25, 0.3) is 0 Å². The predicted molar refractivity (Wildman–Crippen MR) is 98.0 cm³/mol. The van der Waals surface area contributed by atoms with Crippen molar-refractivity contribution >= 4 is 23.2 Å². The molecule has 0 unspecified atom stereocenters. The fourth-order valence-electron chi connectivity index (χ4n) is 3.14. The number of anilines is 2. The number of hydrogen-bond acceptors (Lipinski definition) is 3. The van der Waals surface area contributed by atoms with Crippen LogP contribution in [0.4, 0.5) is 11.4 Å². The summed E-state index contributed by atoms with van der Waals surface area (Å²) in [4.78, 5) is 26.6. The number of ether oxygens (including phenoxy) is 1. The first kappa shape index (κ1) is 17.0. The van der Waals surface area contributed by atoms with E-state index in [0.717, 1.165) is 22.6 Å². The summed E-state index contributed by atoms with van der Waals surface area (Å²) in [5.74, 6) is 0.234. The Morgan fingerprint density at radius 1 is 1.16 bits per heavy atom. The number of carbonyl (C=O) groups excluding carboxylic acids is 2. The van der Waals surface area contributed by atoms with E-state index in [0.29, 0.717) is 12.2 Å². The van der Waals surface area contributed by atoms with Crippen molar-refractivity contribution in [1.29, 1.82) is 0 Å². The molecule has 3 rings (SSSR count). The first-order valence-corrected chi connectivity index (χ1v) is 8.30. The highest BCUT2D eigenvalue weighted by molar-refractivity contribution is 6.03. The molecule has 0 aromatic heterocycles. The van der Waals surface area contributed by atoms with E-state index < -0.39 is 0 Å². The Kier molecular flexibility index (Phi) is 4.74. The molecule has 25 heavy (non-hydrogen) atoms. The average molecular weight is 338 g/mol. The molecular formula is C20H22N2O3. The number of benzene rings is 2. The summed E-state index contributed by atoms with van der Waals surface area (Å²) in [5.41, 5.74) is 3.78. The number of rotatable bonds is 4. The van der Waals surface area contributed by atoms with Crippen LogP contribution in [-0.4, -0.2) is 25.5 Å². The monoisotopic (exact) mass is 338 g/mol. The zero-order valence-corrected chi connectivity index (χ0v) is 14.7. The molecule has 5 nitrogen and oxygen atoms in total. The Labute approximate surface area is 147 Å². The van der Waals surface area contributed by atoms with Crippen LogP contribution in [0.5, 0.6) is 5.75 Å². The molecule has 1 fully saturated rings. The molecule has 1 saturated heterocycles. The summed E-state index contributed by atoms with van der Waals surface area (Å²) in [6.07, 6.45) is 0.231. The van der Waals surface area contributed by atoms with E-state index in [4.69, 9.17) is 4.74 Å². The summed E-state index contributed by atoms with van der Waals surface area (Å²) in [7, 11) is 1.60. The molecule has 2 aromatic carbocycles. The van der Waals surface area contributed by atoms with Gasteiger partial charge in [0.15, 0.2) is 0 Å². The molecule has 130 valence electrons. The van der Waals surface area contributed by atoms with Crippen LogP contribution >= 0.6 is 0 Å². The Bertz CT molecular complexity index is 799. The van der Waals surface area contributed by atoms with Crippen molar-refractivity contribution in [3.05, 3.63) is 53.6 Å². The third-order valence-electron chi connectivity index (χ3n) is 4.50. The van der Waals surface area contributed by atoms with E-state index in [1.807, 2.05) is 32.0 Å². The van der Waals surface area contributed by atoms with Crippen LogP contribution in [0.25, 0.3) is 0 Å². The predicted octanol–water partition coefficient (Wildman–Crippen LogP) is 3.30. The fraction of sp³-hybridized carbons (Fsp3) is 0.300. The fourth-order valence-corrected chi connectivity index (χ4v) is 3.14. The number of hydrogen-bond donors (Lipinski definition) is 1. The number of amides is 2. The van der Waals surface area contributed by atoms with E-state index in [1.165, 1.54) is 0 Å². The molecule has 1 atom stereocenters. The second kappa shape index (κ2) is 6.97. The van der Waals surface area contributed by atoms with Crippen molar-refractivity contribution < 1.29 is 14.3 Å². The maximum atomic E-state index is 12.5. The quantitative estimate of drug-likeness (QED) is 0.930. The zero-order valence-electron chi connectivity index (χ0n) is 14.7.